The lowest BCUT2D eigenvalue weighted by molar-refractivity contribution is -0.441. The molecule has 0 saturated carbocycles. The first-order chi connectivity index (χ1) is 10.1. The quantitative estimate of drug-likeness (QED) is 0.224. The number of hydrogen-bond acceptors (Lipinski definition) is 3. The molecule has 11 heteroatoms. The molecule has 0 spiro atoms. The van der Waals surface area contributed by atoms with E-state index >= 15 is 0 Å². The van der Waals surface area contributed by atoms with Crippen LogP contribution in [0.3, 0.4) is 0 Å². The van der Waals surface area contributed by atoms with Crippen molar-refractivity contribution in [3.05, 3.63) is 24.3 Å². The first-order valence-electron chi connectivity index (χ1n) is 6.38. The molecule has 1 unspecified atom stereocenters. The average Bonchev–Trinajstić information content (AvgIpc) is 2.67. The summed E-state index contributed by atoms with van der Waals surface area (Å²) in [6.07, 6.45) is 0. The Bertz CT molecular complexity index is 535. The Hall–Kier alpha value is -2.01. The lowest BCUT2D eigenvalue weighted by Gasteiger charge is -2.23. The van der Waals surface area contributed by atoms with Crippen molar-refractivity contribution in [1.29, 1.82) is 0 Å². The van der Waals surface area contributed by atoms with Gasteiger partial charge in [-0.15, -0.1) is 0 Å². The third-order valence-corrected chi connectivity index (χ3v) is 2.77. The zero-order valence-corrected chi connectivity index (χ0v) is 12.7. The van der Waals surface area contributed by atoms with Gasteiger partial charge in [-0.05, 0) is 16.4 Å². The minimum atomic E-state index is -6.00. The summed E-state index contributed by atoms with van der Waals surface area (Å²) in [6.45, 7) is 0. The van der Waals surface area contributed by atoms with Crippen LogP contribution in [0.25, 0.3) is 0 Å². The van der Waals surface area contributed by atoms with E-state index in [1.165, 1.54) is 0 Å². The number of nitrogens with one attached hydrogen (secondary N) is 3. The molecule has 0 bridgehead atoms. The number of para-hydroxylation sites is 2. The Morgan fingerprint density at radius 1 is 1.32 bits per heavy atom. The molecule has 1 aromatic carbocycles. The van der Waals surface area contributed by atoms with Gasteiger partial charge in [-0.1, -0.05) is 12.1 Å². The standard InChI is InChI=1S/C11H18N5O.BF4/c1-12-11(13-2)17-16(4)10-8-6-5-7-9(10)15(3)14-16;2-1(3,4)5/h5-8,14H,1-4H3,(H,12,13);/q+1;-1/p+1. The number of benzene rings is 1. The van der Waals surface area contributed by atoms with Gasteiger partial charge < -0.3 is 17.3 Å². The van der Waals surface area contributed by atoms with Crippen LogP contribution in [0.2, 0.25) is 0 Å². The summed E-state index contributed by atoms with van der Waals surface area (Å²) < 4.78 is 39.2. The van der Waals surface area contributed by atoms with Crippen LogP contribution in [0.1, 0.15) is 0 Å². The molecule has 0 radical (unpaired) electrons. The Labute approximate surface area is 126 Å². The maximum Gasteiger partial charge on any atom is 0.673 e. The van der Waals surface area contributed by atoms with Crippen LogP contribution >= 0.6 is 0 Å². The van der Waals surface area contributed by atoms with E-state index in [1.54, 1.807) is 0 Å². The molecular formula is C11H19BF4N5O+. The molecule has 3 N–H and O–H groups in total. The van der Waals surface area contributed by atoms with Gasteiger partial charge in [0.25, 0.3) is 0 Å². The molecule has 1 heterocycles. The first kappa shape index (κ1) is 18.0. The number of hydroxylamine groups is 1. The van der Waals surface area contributed by atoms with Gasteiger partial charge in [-0.2, -0.15) is 4.84 Å². The highest BCUT2D eigenvalue weighted by Crippen LogP contribution is 2.36. The fourth-order valence-electron chi connectivity index (χ4n) is 1.97. The van der Waals surface area contributed by atoms with Crippen molar-refractivity contribution in [1.82, 2.24) is 15.6 Å². The number of quaternary nitrogens is 1. The number of hydrogen-bond donors (Lipinski definition) is 3. The number of rotatable bonds is 1. The highest BCUT2D eigenvalue weighted by molar-refractivity contribution is 6.50. The summed E-state index contributed by atoms with van der Waals surface area (Å²) in [7, 11) is 1.52. The van der Waals surface area contributed by atoms with Crippen LogP contribution in [0.4, 0.5) is 28.6 Å². The Morgan fingerprint density at radius 3 is 2.36 bits per heavy atom. The summed E-state index contributed by atoms with van der Waals surface area (Å²) >= 11 is 0. The van der Waals surface area contributed by atoms with E-state index < -0.39 is 7.25 Å². The van der Waals surface area contributed by atoms with Crippen molar-refractivity contribution in [2.45, 2.75) is 0 Å². The molecule has 0 amide bonds. The predicted octanol–water partition coefficient (Wildman–Crippen LogP) is 0.0105. The molecule has 1 aliphatic rings. The maximum absolute atomic E-state index is 9.75. The smallest absolute Gasteiger partial charge is 0.418 e. The fraction of sp³-hybridized carbons (Fsp3) is 0.364. The van der Waals surface area contributed by atoms with Gasteiger partial charge in [0.1, 0.15) is 12.7 Å². The van der Waals surface area contributed by atoms with E-state index in [9.17, 15) is 17.3 Å². The Kier molecular flexibility index (Phi) is 5.61. The largest absolute Gasteiger partial charge is 0.673 e. The molecule has 124 valence electrons. The van der Waals surface area contributed by atoms with E-state index in [0.717, 1.165) is 11.4 Å². The molecule has 6 nitrogen and oxygen atoms in total. The van der Waals surface area contributed by atoms with Gasteiger partial charge in [0, 0.05) is 13.1 Å². The molecule has 0 fully saturated rings. The molecule has 0 saturated heterocycles. The lowest BCUT2D eigenvalue weighted by atomic mass is 10.2. The van der Waals surface area contributed by atoms with Crippen molar-refractivity contribution in [3.63, 3.8) is 0 Å². The summed E-state index contributed by atoms with van der Waals surface area (Å²) in [5.41, 5.74) is 5.39. The molecule has 1 aromatic rings. The van der Waals surface area contributed by atoms with E-state index in [4.69, 9.17) is 4.84 Å². The Morgan fingerprint density at radius 2 is 1.86 bits per heavy atom. The summed E-state index contributed by atoms with van der Waals surface area (Å²) in [5.74, 6) is 0. The highest BCUT2D eigenvalue weighted by atomic mass is 19.5. The van der Waals surface area contributed by atoms with Crippen LogP contribution in [0.15, 0.2) is 24.3 Å². The van der Waals surface area contributed by atoms with Crippen LogP contribution in [0, 0.1) is 0 Å². The Balaban J connectivity index is 0.000000422. The number of nitrogens with zero attached hydrogens (tertiary/aromatic N) is 2. The van der Waals surface area contributed by atoms with Gasteiger partial charge in [0.15, 0.2) is 0 Å². The normalized spacial score (nSPS) is 20.9. The van der Waals surface area contributed by atoms with E-state index in [2.05, 4.69) is 15.8 Å². The number of anilines is 1. The molecule has 22 heavy (non-hydrogen) atoms. The SMILES string of the molecule is CNC(=[NH+]C)O[N+]1(C)NN(C)c2ccccc21.F[B-](F)(F)F. The first-order valence-corrected chi connectivity index (χ1v) is 6.38. The number of amidine groups is 1. The van der Waals surface area contributed by atoms with Crippen LogP contribution < -0.4 is 25.6 Å². The molecule has 0 aliphatic carbocycles. The van der Waals surface area contributed by atoms with Crippen LogP contribution in [-0.2, 0) is 4.84 Å². The van der Waals surface area contributed by atoms with Gasteiger partial charge in [0.05, 0.1) is 14.1 Å². The van der Waals surface area contributed by atoms with E-state index in [-0.39, 0.29) is 4.76 Å². The second-order valence-corrected chi connectivity index (χ2v) is 4.49. The summed E-state index contributed by atoms with van der Waals surface area (Å²) in [4.78, 5) is 8.83. The third kappa shape index (κ3) is 4.77. The van der Waals surface area contributed by atoms with Crippen molar-refractivity contribution < 1.29 is 27.1 Å². The summed E-state index contributed by atoms with van der Waals surface area (Å²) in [5, 5.41) is 4.90. The zero-order chi connectivity index (χ0) is 17.0. The number of halogens is 4. The van der Waals surface area contributed by atoms with Crippen molar-refractivity contribution in [3.8, 4) is 0 Å². The lowest BCUT2D eigenvalue weighted by Crippen LogP contribution is -2.75. The fourth-order valence-corrected chi connectivity index (χ4v) is 1.97. The molecule has 2 rings (SSSR count). The molecule has 1 atom stereocenters. The maximum atomic E-state index is 9.75. The average molecular weight is 324 g/mol. The minimum absolute atomic E-state index is 0.156. The van der Waals surface area contributed by atoms with Crippen molar-refractivity contribution in [2.75, 3.05) is 33.2 Å². The van der Waals surface area contributed by atoms with Crippen LogP contribution in [-0.4, -0.2) is 41.5 Å². The van der Waals surface area contributed by atoms with Crippen molar-refractivity contribution >= 4 is 24.7 Å². The number of hydrazine groups is 1. The van der Waals surface area contributed by atoms with Gasteiger partial charge in [0.2, 0.25) is 5.69 Å². The topological polar surface area (TPSA) is 50.5 Å². The van der Waals surface area contributed by atoms with Gasteiger partial charge in [-0.25, -0.2) is 10.3 Å². The molecule has 1 aliphatic heterocycles. The number of fused-ring (bicyclic) bond motifs is 1. The highest BCUT2D eigenvalue weighted by Gasteiger charge is 2.43. The van der Waals surface area contributed by atoms with Gasteiger partial charge in [-0.3, -0.25) is 5.01 Å². The molecular weight excluding hydrogens is 305 g/mol. The van der Waals surface area contributed by atoms with Crippen LogP contribution in [0.5, 0.6) is 0 Å². The van der Waals surface area contributed by atoms with Crippen molar-refractivity contribution in [2.24, 2.45) is 0 Å². The second-order valence-electron chi connectivity index (χ2n) is 4.49. The second kappa shape index (κ2) is 6.84. The third-order valence-electron chi connectivity index (χ3n) is 2.77. The zero-order valence-electron chi connectivity index (χ0n) is 12.7. The monoisotopic (exact) mass is 324 g/mol. The minimum Gasteiger partial charge on any atom is -0.418 e. The van der Waals surface area contributed by atoms with E-state index in [1.807, 2.05) is 57.5 Å². The summed E-state index contributed by atoms with van der Waals surface area (Å²) in [6, 6.07) is 8.69. The molecule has 0 aromatic heterocycles. The van der Waals surface area contributed by atoms with E-state index in [0.29, 0.717) is 6.02 Å². The van der Waals surface area contributed by atoms with Gasteiger partial charge >= 0.3 is 13.3 Å². The predicted molar refractivity (Wildman–Crippen MR) is 77.9 cm³/mol.